The average Bonchev–Trinajstić information content (AvgIpc) is 3.47. The lowest BCUT2D eigenvalue weighted by Gasteiger charge is -2.29. The highest BCUT2D eigenvalue weighted by molar-refractivity contribution is 5.88. The number of aryl methyl sites for hydroxylation is 1. The van der Waals surface area contributed by atoms with Crippen LogP contribution >= 0.6 is 0 Å². The number of nitrogens with zero attached hydrogens (tertiary/aromatic N) is 4. The third-order valence-corrected chi connectivity index (χ3v) is 6.31. The predicted molar refractivity (Wildman–Crippen MR) is 119 cm³/mol. The number of aromatic nitrogens is 2. The van der Waals surface area contributed by atoms with Crippen molar-refractivity contribution in [1.29, 1.82) is 5.26 Å². The van der Waals surface area contributed by atoms with Gasteiger partial charge in [-0.25, -0.2) is 4.98 Å². The van der Waals surface area contributed by atoms with E-state index in [1.54, 1.807) is 0 Å². The normalized spacial score (nSPS) is 19.3. The maximum atomic E-state index is 9.16. The van der Waals surface area contributed by atoms with Crippen LogP contribution in [-0.2, 0) is 11.3 Å². The largest absolute Gasteiger partial charge is 0.378 e. The third-order valence-electron chi connectivity index (χ3n) is 6.31. The third kappa shape index (κ3) is 3.79. The van der Waals surface area contributed by atoms with Crippen molar-refractivity contribution < 1.29 is 4.74 Å². The van der Waals surface area contributed by atoms with Crippen molar-refractivity contribution in [2.24, 2.45) is 5.92 Å². The first-order valence-electron chi connectivity index (χ1n) is 10.9. The molecule has 4 heterocycles. The van der Waals surface area contributed by atoms with Crippen molar-refractivity contribution >= 4 is 16.9 Å². The van der Waals surface area contributed by atoms with Gasteiger partial charge in [-0.3, -0.25) is 0 Å². The Labute approximate surface area is 177 Å². The summed E-state index contributed by atoms with van der Waals surface area (Å²) >= 11 is 0. The van der Waals surface area contributed by atoms with Gasteiger partial charge >= 0.3 is 0 Å². The monoisotopic (exact) mass is 401 g/mol. The molecule has 0 amide bonds. The van der Waals surface area contributed by atoms with Crippen LogP contribution in [0.5, 0.6) is 0 Å². The zero-order valence-electron chi connectivity index (χ0n) is 17.2. The van der Waals surface area contributed by atoms with Gasteiger partial charge in [-0.05, 0) is 61.7 Å². The molecular formula is C24H27N5O. The smallest absolute Gasteiger partial charge is 0.137 e. The van der Waals surface area contributed by atoms with E-state index in [9.17, 15) is 0 Å². The molecule has 0 spiro atoms. The van der Waals surface area contributed by atoms with E-state index in [0.717, 1.165) is 74.3 Å². The van der Waals surface area contributed by atoms with Gasteiger partial charge < -0.3 is 19.5 Å². The maximum Gasteiger partial charge on any atom is 0.137 e. The van der Waals surface area contributed by atoms with E-state index in [0.29, 0.717) is 5.56 Å². The van der Waals surface area contributed by atoms with Crippen molar-refractivity contribution in [3.05, 3.63) is 48.2 Å². The lowest BCUT2D eigenvalue weighted by Crippen LogP contribution is -2.37. The van der Waals surface area contributed by atoms with E-state index in [4.69, 9.17) is 15.0 Å². The van der Waals surface area contributed by atoms with Gasteiger partial charge in [0.05, 0.1) is 35.9 Å². The van der Waals surface area contributed by atoms with Gasteiger partial charge in [-0.1, -0.05) is 12.1 Å². The van der Waals surface area contributed by atoms with Gasteiger partial charge in [0.2, 0.25) is 0 Å². The van der Waals surface area contributed by atoms with Crippen LogP contribution in [0.25, 0.3) is 22.2 Å². The lowest BCUT2D eigenvalue weighted by atomic mass is 10.0. The summed E-state index contributed by atoms with van der Waals surface area (Å²) in [5, 5.41) is 12.6. The second-order valence-corrected chi connectivity index (χ2v) is 8.21. The van der Waals surface area contributed by atoms with Gasteiger partial charge in [-0.2, -0.15) is 5.26 Å². The van der Waals surface area contributed by atoms with E-state index in [1.165, 1.54) is 18.4 Å². The Bertz CT molecular complexity index is 1050. The van der Waals surface area contributed by atoms with Crippen molar-refractivity contribution in [3.8, 4) is 17.2 Å². The number of nitrogens with one attached hydrogen (secondary N) is 1. The van der Waals surface area contributed by atoms with Crippen molar-refractivity contribution in [2.45, 2.75) is 19.4 Å². The molecule has 1 atom stereocenters. The Kier molecular flexibility index (Phi) is 5.39. The summed E-state index contributed by atoms with van der Waals surface area (Å²) in [5.74, 6) is 1.77. The van der Waals surface area contributed by atoms with E-state index in [-0.39, 0.29) is 0 Å². The molecule has 0 saturated carbocycles. The molecule has 0 radical (unpaired) electrons. The molecule has 154 valence electrons. The number of benzene rings is 1. The summed E-state index contributed by atoms with van der Waals surface area (Å²) in [5.41, 5.74) is 5.11. The highest BCUT2D eigenvalue weighted by atomic mass is 16.5. The first-order valence-corrected chi connectivity index (χ1v) is 10.9. The van der Waals surface area contributed by atoms with Crippen LogP contribution in [0.4, 0.5) is 5.82 Å². The summed E-state index contributed by atoms with van der Waals surface area (Å²) in [7, 11) is 0. The van der Waals surface area contributed by atoms with E-state index in [2.05, 4.69) is 39.2 Å². The molecule has 2 aliphatic heterocycles. The van der Waals surface area contributed by atoms with E-state index < -0.39 is 0 Å². The minimum atomic E-state index is 0.675. The number of nitriles is 1. The molecule has 0 aliphatic carbocycles. The van der Waals surface area contributed by atoms with Crippen molar-refractivity contribution in [2.75, 3.05) is 44.3 Å². The Morgan fingerprint density at radius 3 is 2.73 bits per heavy atom. The van der Waals surface area contributed by atoms with Crippen LogP contribution in [0.15, 0.2) is 42.6 Å². The first kappa shape index (κ1) is 19.1. The molecule has 5 rings (SSSR count). The SMILES string of the molecule is N#Cc1ccc(-c2cc3c(ccn3CCC3CCNC3)nc2N2CCOCC2)cc1. The molecule has 2 saturated heterocycles. The van der Waals surface area contributed by atoms with Gasteiger partial charge in [0.1, 0.15) is 5.82 Å². The van der Waals surface area contributed by atoms with Crippen LogP contribution < -0.4 is 10.2 Å². The van der Waals surface area contributed by atoms with Crippen LogP contribution in [0.1, 0.15) is 18.4 Å². The Hall–Kier alpha value is -2.88. The van der Waals surface area contributed by atoms with Crippen molar-refractivity contribution in [1.82, 2.24) is 14.9 Å². The molecule has 0 bridgehead atoms. The number of ether oxygens (including phenoxy) is 1. The zero-order valence-corrected chi connectivity index (χ0v) is 17.2. The molecule has 2 aromatic heterocycles. The second kappa shape index (κ2) is 8.47. The number of morpholine rings is 1. The number of pyridine rings is 1. The molecule has 3 aromatic rings. The Morgan fingerprint density at radius 2 is 2.00 bits per heavy atom. The fourth-order valence-electron chi connectivity index (χ4n) is 4.53. The van der Waals surface area contributed by atoms with Crippen LogP contribution in [0, 0.1) is 17.2 Å². The van der Waals surface area contributed by atoms with E-state index >= 15 is 0 Å². The van der Waals surface area contributed by atoms with Crippen LogP contribution in [-0.4, -0.2) is 48.9 Å². The van der Waals surface area contributed by atoms with Gasteiger partial charge in [0.15, 0.2) is 0 Å². The van der Waals surface area contributed by atoms with Gasteiger partial charge in [0, 0.05) is 31.4 Å². The number of hydrogen-bond acceptors (Lipinski definition) is 5. The molecule has 6 heteroatoms. The Morgan fingerprint density at radius 1 is 1.17 bits per heavy atom. The molecule has 2 aliphatic rings. The summed E-state index contributed by atoms with van der Waals surface area (Å²) < 4.78 is 7.90. The van der Waals surface area contributed by atoms with Crippen LogP contribution in [0.2, 0.25) is 0 Å². The topological polar surface area (TPSA) is 66.1 Å². The lowest BCUT2D eigenvalue weighted by molar-refractivity contribution is 0.122. The Balaban J connectivity index is 1.54. The zero-order chi connectivity index (χ0) is 20.3. The second-order valence-electron chi connectivity index (χ2n) is 8.21. The maximum absolute atomic E-state index is 9.16. The number of rotatable bonds is 5. The quantitative estimate of drug-likeness (QED) is 0.710. The highest BCUT2D eigenvalue weighted by Crippen LogP contribution is 2.34. The predicted octanol–water partition coefficient (Wildman–Crippen LogP) is 3.41. The van der Waals surface area contributed by atoms with Crippen LogP contribution in [0.3, 0.4) is 0 Å². The molecular weight excluding hydrogens is 374 g/mol. The number of hydrogen-bond donors (Lipinski definition) is 1. The van der Waals surface area contributed by atoms with Gasteiger partial charge in [-0.15, -0.1) is 0 Å². The molecule has 1 aromatic carbocycles. The molecule has 1 unspecified atom stereocenters. The molecule has 2 fully saturated rings. The summed E-state index contributed by atoms with van der Waals surface area (Å²) in [4.78, 5) is 7.41. The number of anilines is 1. The molecule has 30 heavy (non-hydrogen) atoms. The van der Waals surface area contributed by atoms with Crippen molar-refractivity contribution in [3.63, 3.8) is 0 Å². The summed E-state index contributed by atoms with van der Waals surface area (Å²) in [6.45, 7) is 6.43. The standard InChI is InChI=1S/C24H27N5O/c25-16-18-1-3-20(4-2-18)21-15-23-22(27-24(21)29-11-13-30-14-12-29)7-10-28(23)9-6-19-5-8-26-17-19/h1-4,7,10,15,19,26H,5-6,8-9,11-14,17H2. The summed E-state index contributed by atoms with van der Waals surface area (Å²) in [6.07, 6.45) is 4.63. The minimum Gasteiger partial charge on any atom is -0.378 e. The fraction of sp³-hybridized carbons (Fsp3) is 0.417. The average molecular weight is 402 g/mol. The number of fused-ring (bicyclic) bond motifs is 1. The first-order chi connectivity index (χ1) is 14.8. The highest BCUT2D eigenvalue weighted by Gasteiger charge is 2.20. The fourth-order valence-corrected chi connectivity index (χ4v) is 4.53. The minimum absolute atomic E-state index is 0.675. The van der Waals surface area contributed by atoms with E-state index in [1.807, 2.05) is 24.3 Å². The summed E-state index contributed by atoms with van der Waals surface area (Å²) in [6, 6.07) is 14.5. The molecule has 1 N–H and O–H groups in total. The van der Waals surface area contributed by atoms with Gasteiger partial charge in [0.25, 0.3) is 0 Å². The molecule has 6 nitrogen and oxygen atoms in total.